The zero-order valence-corrected chi connectivity index (χ0v) is 13.5. The molecule has 0 aromatic carbocycles. The van der Waals surface area contributed by atoms with Gasteiger partial charge in [0.25, 0.3) is 0 Å². The lowest BCUT2D eigenvalue weighted by Gasteiger charge is -2.37. The molecule has 1 aromatic heterocycles. The lowest BCUT2D eigenvalue weighted by molar-refractivity contribution is -0.125. The molecule has 22 heavy (non-hydrogen) atoms. The van der Waals surface area contributed by atoms with E-state index in [9.17, 15) is 9.90 Å². The lowest BCUT2D eigenvalue weighted by Crippen LogP contribution is -2.52. The molecular weight excluding hydrogens is 280 g/mol. The first-order valence-corrected chi connectivity index (χ1v) is 8.25. The summed E-state index contributed by atoms with van der Waals surface area (Å²) < 4.78 is 1.73. The predicted octanol–water partition coefficient (Wildman–Crippen LogP) is 1.01. The smallest absolute Gasteiger partial charge is 0.245 e. The van der Waals surface area contributed by atoms with Crippen LogP contribution in [-0.4, -0.2) is 58.0 Å². The fraction of sp³-hybridized carbons (Fsp3) is 0.750. The minimum absolute atomic E-state index is 0.0939. The maximum atomic E-state index is 12.8. The van der Waals surface area contributed by atoms with Crippen molar-refractivity contribution < 1.29 is 9.90 Å². The largest absolute Gasteiger partial charge is 0.393 e. The number of hydrogen-bond donors (Lipinski definition) is 1. The quantitative estimate of drug-likeness (QED) is 0.902. The standard InChI is InChI=1S/C16H26N4O2/c1-18(11-12-5-3-7-14(12)21)13-6-4-9-20(16(13)22)15-8-10-19(2)17-15/h8,10,12-14,21H,3-7,9,11H2,1-2H3. The zero-order valence-electron chi connectivity index (χ0n) is 13.5. The summed E-state index contributed by atoms with van der Waals surface area (Å²) in [7, 11) is 3.87. The summed E-state index contributed by atoms with van der Waals surface area (Å²) in [6, 6.07) is 1.80. The Morgan fingerprint density at radius 3 is 2.82 bits per heavy atom. The maximum absolute atomic E-state index is 12.8. The monoisotopic (exact) mass is 306 g/mol. The molecule has 2 aliphatic rings. The molecule has 1 aliphatic heterocycles. The van der Waals surface area contributed by atoms with Crippen LogP contribution in [0.15, 0.2) is 12.3 Å². The van der Waals surface area contributed by atoms with Crippen molar-refractivity contribution in [3.8, 4) is 0 Å². The number of aliphatic hydroxyl groups is 1. The Morgan fingerprint density at radius 2 is 2.18 bits per heavy atom. The van der Waals surface area contributed by atoms with Gasteiger partial charge in [0.1, 0.15) is 0 Å². The van der Waals surface area contributed by atoms with Crippen LogP contribution < -0.4 is 4.90 Å². The van der Waals surface area contributed by atoms with Crippen LogP contribution in [0.4, 0.5) is 5.82 Å². The summed E-state index contributed by atoms with van der Waals surface area (Å²) in [6.45, 7) is 1.54. The minimum Gasteiger partial charge on any atom is -0.393 e. The van der Waals surface area contributed by atoms with Crippen LogP contribution in [0.5, 0.6) is 0 Å². The Labute approximate surface area is 131 Å². The molecule has 0 spiro atoms. The molecule has 2 heterocycles. The Balaban J connectivity index is 1.66. The van der Waals surface area contributed by atoms with Crippen molar-refractivity contribution >= 4 is 11.7 Å². The van der Waals surface area contributed by atoms with Gasteiger partial charge in [-0.25, -0.2) is 0 Å². The van der Waals surface area contributed by atoms with Crippen molar-refractivity contribution in [3.05, 3.63) is 12.3 Å². The number of aromatic nitrogens is 2. The van der Waals surface area contributed by atoms with Crippen molar-refractivity contribution in [2.45, 2.75) is 44.2 Å². The maximum Gasteiger partial charge on any atom is 0.245 e. The molecule has 3 atom stereocenters. The van der Waals surface area contributed by atoms with E-state index in [1.165, 1.54) is 0 Å². The van der Waals surface area contributed by atoms with Gasteiger partial charge in [0.15, 0.2) is 5.82 Å². The predicted molar refractivity (Wildman–Crippen MR) is 84.6 cm³/mol. The van der Waals surface area contributed by atoms with E-state index in [1.807, 2.05) is 26.4 Å². The summed E-state index contributed by atoms with van der Waals surface area (Å²) in [4.78, 5) is 16.7. The van der Waals surface area contributed by atoms with Crippen LogP contribution in [-0.2, 0) is 11.8 Å². The third kappa shape index (κ3) is 3.03. The summed E-state index contributed by atoms with van der Waals surface area (Å²) in [5.41, 5.74) is 0. The molecule has 3 unspecified atom stereocenters. The number of aryl methyl sites for hydroxylation is 1. The number of carbonyl (C=O) groups excluding carboxylic acids is 1. The molecule has 1 saturated heterocycles. The van der Waals surface area contributed by atoms with Crippen LogP contribution >= 0.6 is 0 Å². The van der Waals surface area contributed by atoms with E-state index in [0.29, 0.717) is 5.92 Å². The second kappa shape index (κ2) is 6.38. The van der Waals surface area contributed by atoms with Crippen molar-refractivity contribution in [2.75, 3.05) is 25.0 Å². The summed E-state index contributed by atoms with van der Waals surface area (Å²) in [5, 5.41) is 14.4. The molecule has 6 heteroatoms. The average Bonchev–Trinajstić information content (AvgIpc) is 3.08. The van der Waals surface area contributed by atoms with E-state index in [4.69, 9.17) is 0 Å². The minimum atomic E-state index is -0.201. The first-order chi connectivity index (χ1) is 10.6. The van der Waals surface area contributed by atoms with Crippen LogP contribution in [0, 0.1) is 5.92 Å². The Kier molecular flexibility index (Phi) is 4.49. The number of hydrogen-bond acceptors (Lipinski definition) is 4. The van der Waals surface area contributed by atoms with E-state index in [1.54, 1.807) is 9.58 Å². The summed E-state index contributed by atoms with van der Waals surface area (Å²) in [5.74, 6) is 1.19. The SMILES string of the molecule is CN(CC1CCCC1O)C1CCCN(c2ccn(C)n2)C1=O. The first-order valence-electron chi connectivity index (χ1n) is 8.25. The van der Waals surface area contributed by atoms with Gasteiger partial charge >= 0.3 is 0 Å². The molecule has 1 saturated carbocycles. The molecule has 1 aromatic rings. The van der Waals surface area contributed by atoms with Crippen LogP contribution in [0.2, 0.25) is 0 Å². The molecule has 2 fully saturated rings. The number of piperidine rings is 1. The van der Waals surface area contributed by atoms with Gasteiger partial charge in [-0.05, 0) is 38.6 Å². The molecule has 122 valence electrons. The van der Waals surface area contributed by atoms with Gasteiger partial charge in [0.05, 0.1) is 12.1 Å². The second-order valence-electron chi connectivity index (χ2n) is 6.69. The van der Waals surface area contributed by atoms with E-state index in [2.05, 4.69) is 10.00 Å². The molecule has 1 aliphatic carbocycles. The highest BCUT2D eigenvalue weighted by Gasteiger charge is 2.35. The van der Waals surface area contributed by atoms with Gasteiger partial charge in [-0.3, -0.25) is 19.3 Å². The molecule has 0 bridgehead atoms. The van der Waals surface area contributed by atoms with Crippen molar-refractivity contribution in [1.29, 1.82) is 0 Å². The number of rotatable bonds is 4. The summed E-state index contributed by atoms with van der Waals surface area (Å²) >= 11 is 0. The molecule has 1 amide bonds. The highest BCUT2D eigenvalue weighted by atomic mass is 16.3. The van der Waals surface area contributed by atoms with Crippen molar-refractivity contribution in [2.24, 2.45) is 13.0 Å². The van der Waals surface area contributed by atoms with Gasteiger partial charge in [0.2, 0.25) is 5.91 Å². The molecule has 6 nitrogen and oxygen atoms in total. The van der Waals surface area contributed by atoms with Gasteiger partial charge in [-0.15, -0.1) is 0 Å². The molecule has 0 radical (unpaired) electrons. The molecule has 3 rings (SSSR count). The molecular formula is C16H26N4O2. The number of likely N-dealkylation sites (N-methyl/N-ethyl adjacent to an activating group) is 1. The lowest BCUT2D eigenvalue weighted by atomic mass is 10.00. The fourth-order valence-corrected chi connectivity index (χ4v) is 3.77. The topological polar surface area (TPSA) is 61.6 Å². The Hall–Kier alpha value is -1.40. The number of amides is 1. The van der Waals surface area contributed by atoms with Crippen molar-refractivity contribution in [3.63, 3.8) is 0 Å². The third-order valence-electron chi connectivity index (χ3n) is 5.06. The van der Waals surface area contributed by atoms with Gasteiger partial charge in [-0.2, -0.15) is 5.10 Å². The van der Waals surface area contributed by atoms with Gasteiger partial charge in [-0.1, -0.05) is 6.42 Å². The second-order valence-corrected chi connectivity index (χ2v) is 6.69. The van der Waals surface area contributed by atoms with Crippen LogP contribution in [0.25, 0.3) is 0 Å². The van der Waals surface area contributed by atoms with E-state index < -0.39 is 0 Å². The third-order valence-corrected chi connectivity index (χ3v) is 5.06. The van der Waals surface area contributed by atoms with E-state index in [0.717, 1.165) is 51.0 Å². The Bertz CT molecular complexity index is 530. The summed E-state index contributed by atoms with van der Waals surface area (Å²) in [6.07, 6.45) is 6.61. The van der Waals surface area contributed by atoms with E-state index in [-0.39, 0.29) is 18.1 Å². The zero-order chi connectivity index (χ0) is 15.7. The van der Waals surface area contributed by atoms with Crippen molar-refractivity contribution in [1.82, 2.24) is 14.7 Å². The molecule has 1 N–H and O–H groups in total. The number of carbonyl (C=O) groups is 1. The normalized spacial score (nSPS) is 29.5. The Morgan fingerprint density at radius 1 is 1.36 bits per heavy atom. The first kappa shape index (κ1) is 15.5. The highest BCUT2D eigenvalue weighted by Crippen LogP contribution is 2.28. The number of aliphatic hydroxyl groups excluding tert-OH is 1. The highest BCUT2D eigenvalue weighted by molar-refractivity contribution is 5.97. The average molecular weight is 306 g/mol. The van der Waals surface area contributed by atoms with Crippen LogP contribution in [0.1, 0.15) is 32.1 Å². The number of anilines is 1. The fourth-order valence-electron chi connectivity index (χ4n) is 3.77. The van der Waals surface area contributed by atoms with E-state index >= 15 is 0 Å². The van der Waals surface area contributed by atoms with Gasteiger partial charge in [0, 0.05) is 32.4 Å². The van der Waals surface area contributed by atoms with Crippen LogP contribution in [0.3, 0.4) is 0 Å². The number of nitrogens with zero attached hydrogens (tertiary/aromatic N) is 4. The van der Waals surface area contributed by atoms with Gasteiger partial charge < -0.3 is 5.11 Å².